The molecule has 34 heavy (non-hydrogen) atoms. The second-order valence-corrected chi connectivity index (χ2v) is 9.32. The molecule has 0 radical (unpaired) electrons. The molecule has 10 heteroatoms. The van der Waals surface area contributed by atoms with Crippen LogP contribution in [0.2, 0.25) is 0 Å². The minimum Gasteiger partial charge on any atom is -0.485 e. The topological polar surface area (TPSA) is 97.0 Å². The van der Waals surface area contributed by atoms with Gasteiger partial charge in [-0.2, -0.15) is 0 Å². The summed E-state index contributed by atoms with van der Waals surface area (Å²) in [5.41, 5.74) is -0.0387. The van der Waals surface area contributed by atoms with Crippen LogP contribution in [0.25, 0.3) is 5.65 Å². The number of aryl methyl sites for hydroxylation is 1. The van der Waals surface area contributed by atoms with Crippen molar-refractivity contribution in [2.75, 3.05) is 6.61 Å². The Bertz CT molecular complexity index is 1330. The van der Waals surface area contributed by atoms with Gasteiger partial charge in [-0.05, 0) is 31.2 Å². The molecule has 0 amide bonds. The molecule has 7 nitrogen and oxygen atoms in total. The number of pyridine rings is 1. The Morgan fingerprint density at radius 3 is 2.59 bits per heavy atom. The van der Waals surface area contributed by atoms with Crippen molar-refractivity contribution >= 4 is 22.8 Å². The van der Waals surface area contributed by atoms with Crippen molar-refractivity contribution in [1.82, 2.24) is 14.4 Å². The number of carbonyl (C=O) groups is 1. The highest BCUT2D eigenvalue weighted by molar-refractivity contribution is 7.11. The Labute approximate surface area is 198 Å². The number of aromatic nitrogens is 3. The average Bonchev–Trinajstić information content (AvgIpc) is 3.43. The Balaban J connectivity index is 1.63. The maximum absolute atomic E-state index is 14.0. The number of aliphatic hydroxyl groups excluding tert-OH is 2. The van der Waals surface area contributed by atoms with Gasteiger partial charge in [0, 0.05) is 24.2 Å². The van der Waals surface area contributed by atoms with Crippen molar-refractivity contribution in [2.24, 2.45) is 0 Å². The number of ether oxygens (including phenoxy) is 1. The molecule has 178 valence electrons. The largest absolute Gasteiger partial charge is 0.485 e. The zero-order chi connectivity index (χ0) is 24.5. The molecule has 0 unspecified atom stereocenters. The number of Topliss-reactive ketones (excluding diaryl/α,β-unsaturated/α-hetero) is 1. The third-order valence-electron chi connectivity index (χ3n) is 5.61. The van der Waals surface area contributed by atoms with Gasteiger partial charge in [0.2, 0.25) is 0 Å². The predicted molar refractivity (Wildman–Crippen MR) is 122 cm³/mol. The monoisotopic (exact) mass is 487 g/mol. The number of hydrogen-bond acceptors (Lipinski definition) is 7. The van der Waals surface area contributed by atoms with Crippen molar-refractivity contribution in [3.63, 3.8) is 0 Å². The van der Waals surface area contributed by atoms with Crippen molar-refractivity contribution in [3.8, 4) is 5.75 Å². The quantitative estimate of drug-likeness (QED) is 0.347. The molecule has 3 heterocycles. The van der Waals surface area contributed by atoms with E-state index >= 15 is 0 Å². The molecule has 0 bridgehead atoms. The maximum atomic E-state index is 14.0. The zero-order valence-corrected chi connectivity index (χ0v) is 19.4. The van der Waals surface area contributed by atoms with Crippen LogP contribution in [0.1, 0.15) is 45.0 Å². The molecular weight excluding hydrogens is 464 g/mol. The molecule has 0 aliphatic rings. The van der Waals surface area contributed by atoms with Crippen LogP contribution in [0, 0.1) is 18.6 Å². The number of thiazole rings is 1. The van der Waals surface area contributed by atoms with Crippen LogP contribution in [0.5, 0.6) is 5.75 Å². The molecule has 0 aliphatic heterocycles. The third-order valence-corrected chi connectivity index (χ3v) is 6.90. The van der Waals surface area contributed by atoms with E-state index in [0.717, 1.165) is 12.1 Å². The van der Waals surface area contributed by atoms with Crippen molar-refractivity contribution < 1.29 is 28.5 Å². The first-order valence-corrected chi connectivity index (χ1v) is 11.3. The number of imidazole rings is 1. The first-order chi connectivity index (χ1) is 16.3. The highest BCUT2D eigenvalue weighted by Crippen LogP contribution is 2.33. The number of benzene rings is 1. The second-order valence-electron chi connectivity index (χ2n) is 8.21. The van der Waals surface area contributed by atoms with Gasteiger partial charge in [-0.3, -0.25) is 9.20 Å². The van der Waals surface area contributed by atoms with E-state index < -0.39 is 17.0 Å². The predicted octanol–water partition coefficient (Wildman–Crippen LogP) is 3.97. The van der Waals surface area contributed by atoms with E-state index in [9.17, 15) is 23.8 Å². The van der Waals surface area contributed by atoms with E-state index in [2.05, 4.69) is 9.97 Å². The van der Waals surface area contributed by atoms with Crippen LogP contribution < -0.4 is 4.74 Å². The first-order valence-electron chi connectivity index (χ1n) is 10.5. The smallest absolute Gasteiger partial charge is 0.182 e. The fraction of sp³-hybridized carbons (Fsp3) is 0.292. The second kappa shape index (κ2) is 9.57. The van der Waals surface area contributed by atoms with E-state index in [-0.39, 0.29) is 43.3 Å². The van der Waals surface area contributed by atoms with Gasteiger partial charge in [0.25, 0.3) is 0 Å². The molecule has 0 aliphatic carbocycles. The number of aliphatic hydroxyl groups is 2. The standard InChI is InChI=1S/C24H23F2N3O4S/c1-14-21(19(32)9-24(2,13-31)23-27-10-15(11-30)34-23)29-8-4-7-20(22(29)28-14)33-12-16-17(25)5-3-6-18(16)26/h3-8,10,30-31H,9,11-13H2,1-2H3/t24-/m1/s1. The van der Waals surface area contributed by atoms with Crippen LogP contribution in [-0.4, -0.2) is 37.0 Å². The van der Waals surface area contributed by atoms with Gasteiger partial charge < -0.3 is 14.9 Å². The fourth-order valence-corrected chi connectivity index (χ4v) is 4.63. The van der Waals surface area contributed by atoms with E-state index in [1.807, 2.05) is 0 Å². The number of ketones is 1. The van der Waals surface area contributed by atoms with Crippen molar-refractivity contribution in [2.45, 2.75) is 38.9 Å². The molecule has 0 spiro atoms. The number of nitrogens with zero attached hydrogens (tertiary/aromatic N) is 3. The minimum absolute atomic E-state index is 0.0396. The van der Waals surface area contributed by atoms with Gasteiger partial charge in [-0.25, -0.2) is 18.7 Å². The summed E-state index contributed by atoms with van der Waals surface area (Å²) in [6.07, 6.45) is 3.14. The maximum Gasteiger partial charge on any atom is 0.182 e. The highest BCUT2D eigenvalue weighted by atomic mass is 32.1. The lowest BCUT2D eigenvalue weighted by Crippen LogP contribution is -2.30. The Hall–Kier alpha value is -3.21. The van der Waals surface area contributed by atoms with Gasteiger partial charge in [-0.1, -0.05) is 13.0 Å². The van der Waals surface area contributed by atoms with Gasteiger partial charge in [0.15, 0.2) is 17.2 Å². The summed E-state index contributed by atoms with van der Waals surface area (Å²) < 4.78 is 35.2. The first kappa shape index (κ1) is 23.9. The summed E-state index contributed by atoms with van der Waals surface area (Å²) >= 11 is 1.24. The lowest BCUT2D eigenvalue weighted by atomic mass is 9.85. The third kappa shape index (κ3) is 4.44. The Kier molecular flexibility index (Phi) is 6.74. The number of halogens is 2. The van der Waals surface area contributed by atoms with Crippen LogP contribution in [0.3, 0.4) is 0 Å². The van der Waals surface area contributed by atoms with Gasteiger partial charge in [-0.15, -0.1) is 11.3 Å². The van der Waals surface area contributed by atoms with E-state index in [0.29, 0.717) is 26.9 Å². The summed E-state index contributed by atoms with van der Waals surface area (Å²) in [5, 5.41) is 19.9. The summed E-state index contributed by atoms with van der Waals surface area (Å²) in [7, 11) is 0. The molecule has 0 saturated carbocycles. The Morgan fingerprint density at radius 2 is 1.94 bits per heavy atom. The molecule has 4 rings (SSSR count). The van der Waals surface area contributed by atoms with Gasteiger partial charge in [0.1, 0.15) is 28.9 Å². The molecule has 3 aromatic heterocycles. The lowest BCUT2D eigenvalue weighted by molar-refractivity contribution is 0.0912. The molecule has 0 saturated heterocycles. The SMILES string of the molecule is Cc1nc2c(OCc3c(F)cccc3F)cccn2c1C(=O)C[C@](C)(CO)c1ncc(CO)s1. The minimum atomic E-state index is -0.942. The summed E-state index contributed by atoms with van der Waals surface area (Å²) in [6, 6.07) is 6.85. The normalized spacial score (nSPS) is 13.2. The van der Waals surface area contributed by atoms with Crippen molar-refractivity contribution in [3.05, 3.63) is 81.2 Å². The van der Waals surface area contributed by atoms with Crippen LogP contribution in [0.15, 0.2) is 42.7 Å². The van der Waals surface area contributed by atoms with E-state index in [1.165, 1.54) is 23.6 Å². The van der Waals surface area contributed by atoms with Gasteiger partial charge >= 0.3 is 0 Å². The molecule has 1 atom stereocenters. The van der Waals surface area contributed by atoms with Crippen molar-refractivity contribution in [1.29, 1.82) is 0 Å². The van der Waals surface area contributed by atoms with E-state index in [4.69, 9.17) is 4.74 Å². The molecule has 1 aromatic carbocycles. The van der Waals surface area contributed by atoms with E-state index in [1.54, 1.807) is 36.6 Å². The molecular formula is C24H23F2N3O4S. The fourth-order valence-electron chi connectivity index (χ4n) is 3.72. The molecule has 2 N–H and O–H groups in total. The summed E-state index contributed by atoms with van der Waals surface area (Å²) in [5.74, 6) is -1.42. The number of carbonyl (C=O) groups excluding carboxylic acids is 1. The summed E-state index contributed by atoms with van der Waals surface area (Å²) in [6.45, 7) is 2.60. The van der Waals surface area contributed by atoms with Crippen LogP contribution >= 0.6 is 11.3 Å². The zero-order valence-electron chi connectivity index (χ0n) is 18.6. The highest BCUT2D eigenvalue weighted by Gasteiger charge is 2.34. The average molecular weight is 488 g/mol. The summed E-state index contributed by atoms with van der Waals surface area (Å²) in [4.78, 5) is 22.7. The lowest BCUT2D eigenvalue weighted by Gasteiger charge is -2.24. The van der Waals surface area contributed by atoms with Gasteiger partial charge in [0.05, 0.1) is 29.3 Å². The van der Waals surface area contributed by atoms with Crippen LogP contribution in [-0.2, 0) is 18.6 Å². The molecule has 4 aromatic rings. The Morgan fingerprint density at radius 1 is 1.21 bits per heavy atom. The number of hydrogen-bond donors (Lipinski definition) is 2. The number of rotatable bonds is 9. The van der Waals surface area contributed by atoms with Crippen LogP contribution in [0.4, 0.5) is 8.78 Å². The number of fused-ring (bicyclic) bond motifs is 1. The molecule has 0 fully saturated rings.